The van der Waals surface area contributed by atoms with Crippen molar-refractivity contribution in [3.8, 4) is 0 Å². The van der Waals surface area contributed by atoms with Gasteiger partial charge in [-0.3, -0.25) is 4.90 Å². The molecule has 0 radical (unpaired) electrons. The van der Waals surface area contributed by atoms with Crippen LogP contribution in [-0.4, -0.2) is 68.8 Å². The molecule has 2 N–H and O–H groups in total. The third kappa shape index (κ3) is 4.47. The van der Waals surface area contributed by atoms with Gasteiger partial charge in [0.15, 0.2) is 0 Å². The summed E-state index contributed by atoms with van der Waals surface area (Å²) in [6, 6.07) is 0.533. The van der Waals surface area contributed by atoms with E-state index in [1.54, 1.807) is 0 Å². The maximum absolute atomic E-state index is 5.79. The number of hydrogen-bond acceptors (Lipinski definition) is 4. The highest BCUT2D eigenvalue weighted by molar-refractivity contribution is 4.81. The van der Waals surface area contributed by atoms with Crippen molar-refractivity contribution >= 4 is 0 Å². The summed E-state index contributed by atoms with van der Waals surface area (Å²) in [5, 5.41) is 0. The van der Waals surface area contributed by atoms with Crippen LogP contribution in [0.25, 0.3) is 0 Å². The lowest BCUT2D eigenvalue weighted by atomic mass is 10.1. The highest BCUT2D eigenvalue weighted by Crippen LogP contribution is 2.07. The van der Waals surface area contributed by atoms with Gasteiger partial charge in [0, 0.05) is 52.0 Å². The molecule has 0 aromatic heterocycles. The third-order valence-corrected chi connectivity index (χ3v) is 3.02. The van der Waals surface area contributed by atoms with Crippen molar-refractivity contribution in [2.75, 3.05) is 53.0 Å². The fourth-order valence-corrected chi connectivity index (χ4v) is 2.08. The summed E-state index contributed by atoms with van der Waals surface area (Å²) < 4.78 is 5.35. The molecule has 1 atom stereocenters. The first-order valence-corrected chi connectivity index (χ1v) is 5.98. The molecule has 0 aliphatic carbocycles. The summed E-state index contributed by atoms with van der Waals surface area (Å²) in [6.07, 6.45) is 1.12. The average molecular weight is 215 g/mol. The molecule has 0 saturated carbocycles. The van der Waals surface area contributed by atoms with Gasteiger partial charge in [0.1, 0.15) is 0 Å². The fraction of sp³-hybridized carbons (Fsp3) is 1.00. The maximum atomic E-state index is 5.79. The number of ether oxygens (including phenoxy) is 1. The fourth-order valence-electron chi connectivity index (χ4n) is 2.08. The van der Waals surface area contributed by atoms with E-state index in [2.05, 4.69) is 16.8 Å². The number of hydrogen-bond donors (Lipinski definition) is 1. The highest BCUT2D eigenvalue weighted by atomic mass is 16.5. The van der Waals surface area contributed by atoms with Gasteiger partial charge in [-0.15, -0.1) is 0 Å². The molecule has 90 valence electrons. The summed E-state index contributed by atoms with van der Waals surface area (Å²) in [5.74, 6) is 0. The largest absolute Gasteiger partial charge is 0.382 e. The smallest absolute Gasteiger partial charge is 0.0478 e. The SMILES string of the molecule is CCOCCCN1CCN(C)CC1CN. The Morgan fingerprint density at radius 1 is 1.40 bits per heavy atom. The zero-order chi connectivity index (χ0) is 11.1. The Morgan fingerprint density at radius 2 is 2.20 bits per heavy atom. The summed E-state index contributed by atoms with van der Waals surface area (Å²) in [7, 11) is 2.17. The number of piperazine rings is 1. The van der Waals surface area contributed by atoms with Crippen molar-refractivity contribution in [2.45, 2.75) is 19.4 Å². The molecule has 1 aliphatic heterocycles. The minimum absolute atomic E-state index is 0.533. The Bertz CT molecular complexity index is 166. The predicted octanol–water partition coefficient (Wildman–Crippen LogP) is -0.0123. The van der Waals surface area contributed by atoms with Crippen LogP contribution in [0.1, 0.15) is 13.3 Å². The van der Waals surface area contributed by atoms with E-state index in [1.807, 2.05) is 6.92 Å². The molecule has 1 fully saturated rings. The van der Waals surface area contributed by atoms with Crippen molar-refractivity contribution in [3.63, 3.8) is 0 Å². The van der Waals surface area contributed by atoms with Gasteiger partial charge in [-0.2, -0.15) is 0 Å². The average Bonchev–Trinajstić information content (AvgIpc) is 2.26. The van der Waals surface area contributed by atoms with E-state index in [4.69, 9.17) is 10.5 Å². The van der Waals surface area contributed by atoms with Gasteiger partial charge in [0.25, 0.3) is 0 Å². The van der Waals surface area contributed by atoms with Crippen LogP contribution in [0.2, 0.25) is 0 Å². The second-order valence-corrected chi connectivity index (χ2v) is 4.24. The quantitative estimate of drug-likeness (QED) is 0.633. The van der Waals surface area contributed by atoms with E-state index in [9.17, 15) is 0 Å². The normalized spacial score (nSPS) is 24.6. The lowest BCUT2D eigenvalue weighted by Crippen LogP contribution is -2.55. The van der Waals surface area contributed by atoms with Gasteiger partial charge in [0.05, 0.1) is 0 Å². The molecule has 1 heterocycles. The van der Waals surface area contributed by atoms with Crippen molar-refractivity contribution < 1.29 is 4.74 Å². The molecule has 0 bridgehead atoms. The van der Waals surface area contributed by atoms with Crippen LogP contribution in [0.5, 0.6) is 0 Å². The van der Waals surface area contributed by atoms with Crippen LogP contribution in [0.15, 0.2) is 0 Å². The Balaban J connectivity index is 2.20. The Morgan fingerprint density at radius 3 is 2.87 bits per heavy atom. The van der Waals surface area contributed by atoms with Crippen molar-refractivity contribution in [1.82, 2.24) is 9.80 Å². The number of rotatable bonds is 6. The highest BCUT2D eigenvalue weighted by Gasteiger charge is 2.23. The van der Waals surface area contributed by atoms with E-state index >= 15 is 0 Å². The second-order valence-electron chi connectivity index (χ2n) is 4.24. The standard InChI is InChI=1S/C11H25N3O/c1-3-15-8-4-5-14-7-6-13(2)10-11(14)9-12/h11H,3-10,12H2,1-2H3. The predicted molar refractivity (Wildman–Crippen MR) is 63.0 cm³/mol. The molecule has 1 aliphatic rings. The maximum Gasteiger partial charge on any atom is 0.0478 e. The summed E-state index contributed by atoms with van der Waals surface area (Å²) in [6.45, 7) is 9.02. The van der Waals surface area contributed by atoms with Gasteiger partial charge >= 0.3 is 0 Å². The van der Waals surface area contributed by atoms with Crippen molar-refractivity contribution in [1.29, 1.82) is 0 Å². The van der Waals surface area contributed by atoms with E-state index in [-0.39, 0.29) is 0 Å². The Kier molecular flexibility index (Phi) is 6.17. The van der Waals surface area contributed by atoms with Gasteiger partial charge in [-0.05, 0) is 20.4 Å². The molecule has 4 heteroatoms. The van der Waals surface area contributed by atoms with E-state index in [1.165, 1.54) is 0 Å². The molecule has 1 unspecified atom stereocenters. The minimum atomic E-state index is 0.533. The van der Waals surface area contributed by atoms with Crippen LogP contribution >= 0.6 is 0 Å². The first kappa shape index (κ1) is 12.9. The summed E-state index contributed by atoms with van der Waals surface area (Å²) in [5.41, 5.74) is 5.79. The molecular weight excluding hydrogens is 190 g/mol. The van der Waals surface area contributed by atoms with Gasteiger partial charge in [-0.1, -0.05) is 0 Å². The molecule has 0 aromatic rings. The molecule has 4 nitrogen and oxygen atoms in total. The third-order valence-electron chi connectivity index (χ3n) is 3.02. The summed E-state index contributed by atoms with van der Waals surface area (Å²) in [4.78, 5) is 4.86. The van der Waals surface area contributed by atoms with Crippen LogP contribution in [0.3, 0.4) is 0 Å². The molecule has 1 rings (SSSR count). The zero-order valence-corrected chi connectivity index (χ0v) is 10.1. The molecule has 15 heavy (non-hydrogen) atoms. The monoisotopic (exact) mass is 215 g/mol. The number of nitrogens with zero attached hydrogens (tertiary/aromatic N) is 2. The van der Waals surface area contributed by atoms with Crippen LogP contribution in [0, 0.1) is 0 Å². The van der Waals surface area contributed by atoms with Crippen molar-refractivity contribution in [2.24, 2.45) is 5.73 Å². The molecule has 1 saturated heterocycles. The second kappa shape index (κ2) is 7.17. The summed E-state index contributed by atoms with van der Waals surface area (Å²) >= 11 is 0. The molecule has 0 amide bonds. The first-order chi connectivity index (χ1) is 7.27. The molecule has 0 spiro atoms. The van der Waals surface area contributed by atoms with Crippen molar-refractivity contribution in [3.05, 3.63) is 0 Å². The van der Waals surface area contributed by atoms with Crippen LogP contribution in [0.4, 0.5) is 0 Å². The zero-order valence-electron chi connectivity index (χ0n) is 10.1. The van der Waals surface area contributed by atoms with E-state index in [0.29, 0.717) is 6.04 Å². The number of nitrogens with two attached hydrogens (primary N) is 1. The van der Waals surface area contributed by atoms with Crippen LogP contribution < -0.4 is 5.73 Å². The topological polar surface area (TPSA) is 41.7 Å². The van der Waals surface area contributed by atoms with Gasteiger partial charge in [0.2, 0.25) is 0 Å². The van der Waals surface area contributed by atoms with E-state index < -0.39 is 0 Å². The van der Waals surface area contributed by atoms with E-state index in [0.717, 1.165) is 52.4 Å². The Labute approximate surface area is 93.4 Å². The lowest BCUT2D eigenvalue weighted by Gasteiger charge is -2.39. The lowest BCUT2D eigenvalue weighted by molar-refractivity contribution is 0.0768. The van der Waals surface area contributed by atoms with Crippen LogP contribution in [-0.2, 0) is 4.74 Å². The minimum Gasteiger partial charge on any atom is -0.382 e. The first-order valence-electron chi connectivity index (χ1n) is 5.98. The van der Waals surface area contributed by atoms with Gasteiger partial charge < -0.3 is 15.4 Å². The molecule has 0 aromatic carbocycles. The number of likely N-dealkylation sites (N-methyl/N-ethyl adjacent to an activating group) is 1. The van der Waals surface area contributed by atoms with Gasteiger partial charge in [-0.25, -0.2) is 0 Å². The Hall–Kier alpha value is -0.160. The molecular formula is C11H25N3O.